The summed E-state index contributed by atoms with van der Waals surface area (Å²) in [6.45, 7) is 2.17. The molecule has 1 saturated heterocycles. The molecule has 0 unspecified atom stereocenters. The summed E-state index contributed by atoms with van der Waals surface area (Å²) in [4.78, 5) is 14.2. The molecule has 5 heteroatoms. The van der Waals surface area contributed by atoms with Crippen LogP contribution in [0.1, 0.15) is 23.4 Å². The van der Waals surface area contributed by atoms with Gasteiger partial charge in [-0.3, -0.25) is 4.79 Å². The van der Waals surface area contributed by atoms with Crippen molar-refractivity contribution < 1.29 is 9.32 Å². The zero-order valence-corrected chi connectivity index (χ0v) is 11.9. The monoisotopic (exact) mass is 285 g/mol. The molecule has 2 aromatic rings. The van der Waals surface area contributed by atoms with Crippen molar-refractivity contribution in [1.29, 1.82) is 0 Å². The molecule has 0 atom stereocenters. The van der Waals surface area contributed by atoms with Gasteiger partial charge in [0.25, 0.3) is 5.91 Å². The van der Waals surface area contributed by atoms with E-state index in [-0.39, 0.29) is 5.91 Å². The van der Waals surface area contributed by atoms with Crippen LogP contribution < -0.4 is 5.73 Å². The topological polar surface area (TPSA) is 72.4 Å². The highest BCUT2D eigenvalue weighted by molar-refractivity contribution is 5.92. The lowest BCUT2D eigenvalue weighted by molar-refractivity contribution is 0.0651. The van der Waals surface area contributed by atoms with Crippen LogP contribution in [0.3, 0.4) is 0 Å². The minimum atomic E-state index is -0.0832. The average Bonchev–Trinajstić information content (AvgIpc) is 3.05. The van der Waals surface area contributed by atoms with Gasteiger partial charge in [0.2, 0.25) is 5.76 Å². The first-order chi connectivity index (χ1) is 10.3. The molecule has 1 aromatic carbocycles. The lowest BCUT2D eigenvalue weighted by Gasteiger charge is -2.30. The molecular weight excluding hydrogens is 266 g/mol. The van der Waals surface area contributed by atoms with Crippen LogP contribution in [0.2, 0.25) is 0 Å². The van der Waals surface area contributed by atoms with Gasteiger partial charge in [-0.25, -0.2) is 0 Å². The van der Waals surface area contributed by atoms with Crippen molar-refractivity contribution in [2.24, 2.45) is 11.7 Å². The lowest BCUT2D eigenvalue weighted by Crippen LogP contribution is -2.39. The molecular formula is C16H19N3O2. The highest BCUT2D eigenvalue weighted by atomic mass is 16.5. The Labute approximate surface area is 123 Å². The molecule has 0 spiro atoms. The van der Waals surface area contributed by atoms with Crippen molar-refractivity contribution in [2.75, 3.05) is 19.6 Å². The molecule has 110 valence electrons. The molecule has 0 radical (unpaired) electrons. The van der Waals surface area contributed by atoms with Crippen molar-refractivity contribution in [1.82, 2.24) is 10.1 Å². The van der Waals surface area contributed by atoms with E-state index in [0.29, 0.717) is 23.9 Å². The van der Waals surface area contributed by atoms with Crippen molar-refractivity contribution in [3.05, 3.63) is 42.2 Å². The van der Waals surface area contributed by atoms with E-state index >= 15 is 0 Å². The van der Waals surface area contributed by atoms with Gasteiger partial charge < -0.3 is 15.2 Å². The molecule has 1 aliphatic rings. The molecule has 0 bridgehead atoms. The van der Waals surface area contributed by atoms with Crippen LogP contribution in [0, 0.1) is 5.92 Å². The summed E-state index contributed by atoms with van der Waals surface area (Å²) in [7, 11) is 0. The predicted molar refractivity (Wildman–Crippen MR) is 79.6 cm³/mol. The second-order valence-corrected chi connectivity index (χ2v) is 5.41. The summed E-state index contributed by atoms with van der Waals surface area (Å²) in [5.74, 6) is 0.754. The van der Waals surface area contributed by atoms with Gasteiger partial charge in [-0.2, -0.15) is 0 Å². The Balaban J connectivity index is 1.70. The van der Waals surface area contributed by atoms with Gasteiger partial charge >= 0.3 is 0 Å². The van der Waals surface area contributed by atoms with E-state index in [4.69, 9.17) is 10.3 Å². The van der Waals surface area contributed by atoms with E-state index in [1.807, 2.05) is 35.2 Å². The molecule has 1 aliphatic heterocycles. The van der Waals surface area contributed by atoms with Crippen molar-refractivity contribution in [3.63, 3.8) is 0 Å². The van der Waals surface area contributed by atoms with Crippen LogP contribution in [0.5, 0.6) is 0 Å². The molecule has 2 heterocycles. The number of nitrogens with two attached hydrogens (primary N) is 1. The third-order valence-corrected chi connectivity index (χ3v) is 4.03. The van der Waals surface area contributed by atoms with E-state index in [0.717, 1.165) is 31.5 Å². The zero-order valence-electron chi connectivity index (χ0n) is 11.9. The fourth-order valence-electron chi connectivity index (χ4n) is 2.65. The number of benzene rings is 1. The van der Waals surface area contributed by atoms with E-state index < -0.39 is 0 Å². The molecule has 0 aliphatic carbocycles. The van der Waals surface area contributed by atoms with Crippen LogP contribution in [-0.4, -0.2) is 35.6 Å². The number of nitrogens with zero attached hydrogens (tertiary/aromatic N) is 2. The molecule has 21 heavy (non-hydrogen) atoms. The number of aromatic nitrogens is 1. The van der Waals surface area contributed by atoms with Crippen LogP contribution in [0.15, 0.2) is 40.9 Å². The molecule has 1 aromatic heterocycles. The van der Waals surface area contributed by atoms with Crippen molar-refractivity contribution in [2.45, 2.75) is 12.8 Å². The van der Waals surface area contributed by atoms with Gasteiger partial charge in [-0.1, -0.05) is 35.5 Å². The number of amides is 1. The Bertz CT molecular complexity index is 601. The Morgan fingerprint density at radius 1 is 1.29 bits per heavy atom. The lowest BCUT2D eigenvalue weighted by atomic mass is 9.97. The SMILES string of the molecule is NCC1CCN(C(=O)c2cc(-c3ccccc3)no2)CC1. The Kier molecular flexibility index (Phi) is 4.01. The van der Waals surface area contributed by atoms with Crippen LogP contribution >= 0.6 is 0 Å². The molecule has 1 fully saturated rings. The molecule has 1 amide bonds. The van der Waals surface area contributed by atoms with E-state index in [1.54, 1.807) is 6.07 Å². The average molecular weight is 285 g/mol. The third-order valence-electron chi connectivity index (χ3n) is 4.03. The van der Waals surface area contributed by atoms with E-state index in [9.17, 15) is 4.79 Å². The molecule has 5 nitrogen and oxygen atoms in total. The fourth-order valence-corrected chi connectivity index (χ4v) is 2.65. The fraction of sp³-hybridized carbons (Fsp3) is 0.375. The van der Waals surface area contributed by atoms with E-state index in [2.05, 4.69) is 5.16 Å². The predicted octanol–water partition coefficient (Wildman–Crippen LogP) is 2.15. The summed E-state index contributed by atoms with van der Waals surface area (Å²) in [6, 6.07) is 11.4. The number of piperidine rings is 1. The number of rotatable bonds is 3. The largest absolute Gasteiger partial charge is 0.350 e. The molecule has 3 rings (SSSR count). The molecule has 0 saturated carbocycles. The minimum Gasteiger partial charge on any atom is -0.350 e. The maximum absolute atomic E-state index is 12.4. The maximum Gasteiger partial charge on any atom is 0.292 e. The maximum atomic E-state index is 12.4. The number of carbonyl (C=O) groups is 1. The van der Waals surface area contributed by atoms with Gasteiger partial charge in [-0.15, -0.1) is 0 Å². The van der Waals surface area contributed by atoms with E-state index in [1.165, 1.54) is 0 Å². The quantitative estimate of drug-likeness (QED) is 0.938. The summed E-state index contributed by atoms with van der Waals surface area (Å²) < 4.78 is 5.22. The highest BCUT2D eigenvalue weighted by Crippen LogP contribution is 2.22. The Hall–Kier alpha value is -2.14. The van der Waals surface area contributed by atoms with Crippen LogP contribution in [-0.2, 0) is 0 Å². The minimum absolute atomic E-state index is 0.0832. The van der Waals surface area contributed by atoms with Gasteiger partial charge in [-0.05, 0) is 25.3 Å². The first-order valence-electron chi connectivity index (χ1n) is 7.29. The van der Waals surface area contributed by atoms with Crippen molar-refractivity contribution in [3.8, 4) is 11.3 Å². The van der Waals surface area contributed by atoms with Gasteiger partial charge in [0.1, 0.15) is 5.69 Å². The number of carbonyl (C=O) groups excluding carboxylic acids is 1. The van der Waals surface area contributed by atoms with Gasteiger partial charge in [0.15, 0.2) is 0 Å². The third kappa shape index (κ3) is 2.97. The number of hydrogen-bond donors (Lipinski definition) is 1. The standard InChI is InChI=1S/C16H19N3O2/c17-11-12-6-8-19(9-7-12)16(20)15-10-14(18-21-15)13-4-2-1-3-5-13/h1-5,10,12H,6-9,11,17H2. The molecule has 2 N–H and O–H groups in total. The van der Waals surface area contributed by atoms with Gasteiger partial charge in [0, 0.05) is 24.7 Å². The normalized spacial score (nSPS) is 16.1. The zero-order chi connectivity index (χ0) is 14.7. The van der Waals surface area contributed by atoms with Gasteiger partial charge in [0.05, 0.1) is 0 Å². The Morgan fingerprint density at radius 2 is 2.00 bits per heavy atom. The van der Waals surface area contributed by atoms with Crippen LogP contribution in [0.4, 0.5) is 0 Å². The number of hydrogen-bond acceptors (Lipinski definition) is 4. The summed E-state index contributed by atoms with van der Waals surface area (Å²) in [5, 5.41) is 3.99. The Morgan fingerprint density at radius 3 is 2.67 bits per heavy atom. The number of likely N-dealkylation sites (tertiary alicyclic amines) is 1. The highest BCUT2D eigenvalue weighted by Gasteiger charge is 2.25. The first-order valence-corrected chi connectivity index (χ1v) is 7.29. The second kappa shape index (κ2) is 6.10. The summed E-state index contributed by atoms with van der Waals surface area (Å²) >= 11 is 0. The first kappa shape index (κ1) is 13.8. The van der Waals surface area contributed by atoms with Crippen molar-refractivity contribution >= 4 is 5.91 Å². The van der Waals surface area contributed by atoms with Crippen LogP contribution in [0.25, 0.3) is 11.3 Å². The smallest absolute Gasteiger partial charge is 0.292 e. The second-order valence-electron chi connectivity index (χ2n) is 5.41. The summed E-state index contributed by atoms with van der Waals surface area (Å²) in [6.07, 6.45) is 1.92. The summed E-state index contributed by atoms with van der Waals surface area (Å²) in [5.41, 5.74) is 7.31.